The van der Waals surface area contributed by atoms with Crippen LogP contribution in [0.1, 0.15) is 17.9 Å². The second-order valence-corrected chi connectivity index (χ2v) is 5.27. The number of nitrogens with one attached hydrogen (secondary N) is 2. The van der Waals surface area contributed by atoms with Crippen LogP contribution in [-0.2, 0) is 0 Å². The van der Waals surface area contributed by atoms with Gasteiger partial charge in [0.05, 0.1) is 11.4 Å². The summed E-state index contributed by atoms with van der Waals surface area (Å²) in [6.45, 7) is 4.67. The first kappa shape index (κ1) is 16.8. The fraction of sp³-hybridized carbons (Fsp3) is 0.375. The molecular formula is C16H21FN4O2. The van der Waals surface area contributed by atoms with Gasteiger partial charge in [0.2, 0.25) is 0 Å². The molecule has 0 aliphatic rings. The molecule has 23 heavy (non-hydrogen) atoms. The highest BCUT2D eigenvalue weighted by Gasteiger charge is 2.09. The highest BCUT2D eigenvalue weighted by molar-refractivity contribution is 5.86. The van der Waals surface area contributed by atoms with Crippen molar-refractivity contribution in [2.24, 2.45) is 0 Å². The van der Waals surface area contributed by atoms with Gasteiger partial charge in [0.25, 0.3) is 0 Å². The maximum Gasteiger partial charge on any atom is 0.322 e. The molecule has 0 aliphatic heterocycles. The summed E-state index contributed by atoms with van der Waals surface area (Å²) in [5, 5.41) is 5.24. The standard InChI is InChI=1S/C16H21FN4O2/c1-11-12(2)23-16(19-11)20-15(22)18-9-6-10-21(3)14-8-5-4-7-13(14)17/h4-5,7-8H,6,9-10H2,1-3H3,(H2,18,19,20,22). The van der Waals surface area contributed by atoms with Gasteiger partial charge in [-0.2, -0.15) is 4.98 Å². The Labute approximate surface area is 134 Å². The zero-order valence-corrected chi connectivity index (χ0v) is 13.5. The molecule has 1 heterocycles. The maximum absolute atomic E-state index is 13.6. The average molecular weight is 320 g/mol. The van der Waals surface area contributed by atoms with Crippen molar-refractivity contribution in [3.63, 3.8) is 0 Å². The molecule has 2 amide bonds. The number of para-hydroxylation sites is 1. The van der Waals surface area contributed by atoms with E-state index < -0.39 is 0 Å². The van der Waals surface area contributed by atoms with Gasteiger partial charge in [-0.3, -0.25) is 5.32 Å². The molecule has 0 spiro atoms. The molecular weight excluding hydrogens is 299 g/mol. The van der Waals surface area contributed by atoms with E-state index >= 15 is 0 Å². The lowest BCUT2D eigenvalue weighted by Crippen LogP contribution is -2.31. The fourth-order valence-corrected chi connectivity index (χ4v) is 2.07. The number of anilines is 2. The summed E-state index contributed by atoms with van der Waals surface area (Å²) >= 11 is 0. The highest BCUT2D eigenvalue weighted by atomic mass is 19.1. The first-order valence-corrected chi connectivity index (χ1v) is 7.42. The van der Waals surface area contributed by atoms with Crippen LogP contribution in [0.5, 0.6) is 0 Å². The number of hydrogen-bond acceptors (Lipinski definition) is 4. The van der Waals surface area contributed by atoms with Crippen LogP contribution in [0.25, 0.3) is 0 Å². The van der Waals surface area contributed by atoms with Crippen LogP contribution < -0.4 is 15.5 Å². The number of hydrogen-bond donors (Lipinski definition) is 2. The van der Waals surface area contributed by atoms with Crippen LogP contribution in [0.2, 0.25) is 0 Å². The molecule has 0 saturated heterocycles. The fourth-order valence-electron chi connectivity index (χ4n) is 2.07. The summed E-state index contributed by atoms with van der Waals surface area (Å²) in [6, 6.07) is 6.41. The van der Waals surface area contributed by atoms with E-state index in [2.05, 4.69) is 15.6 Å². The number of oxazole rings is 1. The number of halogens is 1. The molecule has 2 N–H and O–H groups in total. The SMILES string of the molecule is Cc1nc(NC(=O)NCCCN(C)c2ccccc2F)oc1C. The van der Waals surface area contributed by atoms with Crippen molar-refractivity contribution < 1.29 is 13.6 Å². The van der Waals surface area contributed by atoms with Gasteiger partial charge >= 0.3 is 12.0 Å². The van der Waals surface area contributed by atoms with Crippen LogP contribution in [0.3, 0.4) is 0 Å². The molecule has 7 heteroatoms. The molecule has 1 aromatic carbocycles. The van der Waals surface area contributed by atoms with E-state index in [1.807, 2.05) is 11.9 Å². The molecule has 0 saturated carbocycles. The monoisotopic (exact) mass is 320 g/mol. The van der Waals surface area contributed by atoms with E-state index in [0.29, 0.717) is 31.0 Å². The van der Waals surface area contributed by atoms with Gasteiger partial charge < -0.3 is 14.6 Å². The summed E-state index contributed by atoms with van der Waals surface area (Å²) in [7, 11) is 1.82. The van der Waals surface area contributed by atoms with Gasteiger partial charge in [0.15, 0.2) is 0 Å². The van der Waals surface area contributed by atoms with Gasteiger partial charge in [-0.05, 0) is 32.4 Å². The van der Waals surface area contributed by atoms with Gasteiger partial charge in [0.1, 0.15) is 11.6 Å². The summed E-state index contributed by atoms with van der Waals surface area (Å²) in [5.74, 6) is 0.419. The van der Waals surface area contributed by atoms with Crippen molar-refractivity contribution in [2.75, 3.05) is 30.4 Å². The Kier molecular flexibility index (Phi) is 5.56. The molecule has 1 aromatic heterocycles. The first-order chi connectivity index (χ1) is 11.0. The smallest absolute Gasteiger partial charge is 0.322 e. The number of rotatable bonds is 6. The molecule has 2 rings (SSSR count). The third-order valence-corrected chi connectivity index (χ3v) is 3.47. The lowest BCUT2D eigenvalue weighted by molar-refractivity contribution is 0.251. The van der Waals surface area contributed by atoms with Crippen molar-refractivity contribution >= 4 is 17.7 Å². The van der Waals surface area contributed by atoms with E-state index in [1.54, 1.807) is 32.0 Å². The minimum atomic E-state index is -0.375. The molecule has 0 bridgehead atoms. The summed E-state index contributed by atoms with van der Waals surface area (Å²) in [6.07, 6.45) is 0.682. The number of amides is 2. The van der Waals surface area contributed by atoms with E-state index in [-0.39, 0.29) is 17.9 Å². The summed E-state index contributed by atoms with van der Waals surface area (Å²) < 4.78 is 18.9. The molecule has 2 aromatic rings. The third-order valence-electron chi connectivity index (χ3n) is 3.47. The Morgan fingerprint density at radius 1 is 1.35 bits per heavy atom. The summed E-state index contributed by atoms with van der Waals surface area (Å²) in [5.41, 5.74) is 1.29. The normalized spacial score (nSPS) is 10.4. The number of carbonyl (C=O) groups excluding carboxylic acids is 1. The average Bonchev–Trinajstić information content (AvgIpc) is 2.82. The number of aromatic nitrogens is 1. The van der Waals surface area contributed by atoms with E-state index in [0.717, 1.165) is 5.69 Å². The van der Waals surface area contributed by atoms with Crippen LogP contribution in [0.4, 0.5) is 20.9 Å². The van der Waals surface area contributed by atoms with E-state index in [9.17, 15) is 9.18 Å². The minimum Gasteiger partial charge on any atom is -0.428 e. The first-order valence-electron chi connectivity index (χ1n) is 7.42. The second-order valence-electron chi connectivity index (χ2n) is 5.27. The van der Waals surface area contributed by atoms with Gasteiger partial charge in [-0.15, -0.1) is 0 Å². The molecule has 0 aliphatic carbocycles. The topological polar surface area (TPSA) is 70.4 Å². The molecule has 0 radical (unpaired) electrons. The van der Waals surface area contributed by atoms with Crippen LogP contribution in [0.15, 0.2) is 28.7 Å². The van der Waals surface area contributed by atoms with Crippen LogP contribution in [0, 0.1) is 19.7 Å². The van der Waals surface area contributed by atoms with Gasteiger partial charge in [0, 0.05) is 20.1 Å². The summed E-state index contributed by atoms with van der Waals surface area (Å²) in [4.78, 5) is 17.6. The second kappa shape index (κ2) is 7.62. The number of nitrogens with zero attached hydrogens (tertiary/aromatic N) is 2. The number of urea groups is 1. The molecule has 0 fully saturated rings. The predicted molar refractivity (Wildman–Crippen MR) is 87.3 cm³/mol. The van der Waals surface area contributed by atoms with Crippen LogP contribution in [-0.4, -0.2) is 31.2 Å². The zero-order chi connectivity index (χ0) is 16.8. The predicted octanol–water partition coefficient (Wildman–Crippen LogP) is 3.08. The number of benzene rings is 1. The molecule has 6 nitrogen and oxygen atoms in total. The van der Waals surface area contributed by atoms with Gasteiger partial charge in [-0.25, -0.2) is 9.18 Å². The highest BCUT2D eigenvalue weighted by Crippen LogP contribution is 2.16. The number of aryl methyl sites for hydroxylation is 2. The Morgan fingerprint density at radius 2 is 2.09 bits per heavy atom. The van der Waals surface area contributed by atoms with E-state index in [1.165, 1.54) is 6.07 Å². The molecule has 124 valence electrons. The third kappa shape index (κ3) is 4.70. The minimum absolute atomic E-state index is 0.181. The Bertz CT molecular complexity index is 652. The van der Waals surface area contributed by atoms with Crippen molar-refractivity contribution in [1.82, 2.24) is 10.3 Å². The Balaban J connectivity index is 1.70. The Hall–Kier alpha value is -2.57. The van der Waals surface area contributed by atoms with E-state index in [4.69, 9.17) is 4.42 Å². The van der Waals surface area contributed by atoms with Crippen LogP contribution >= 0.6 is 0 Å². The maximum atomic E-state index is 13.6. The van der Waals surface area contributed by atoms with Crippen molar-refractivity contribution in [3.05, 3.63) is 41.5 Å². The number of carbonyl (C=O) groups is 1. The molecule has 0 atom stereocenters. The largest absolute Gasteiger partial charge is 0.428 e. The quantitative estimate of drug-likeness (QED) is 0.803. The lowest BCUT2D eigenvalue weighted by Gasteiger charge is -2.19. The van der Waals surface area contributed by atoms with Crippen molar-refractivity contribution in [3.8, 4) is 0 Å². The van der Waals surface area contributed by atoms with Crippen molar-refractivity contribution in [2.45, 2.75) is 20.3 Å². The lowest BCUT2D eigenvalue weighted by atomic mass is 10.2. The Morgan fingerprint density at radius 3 is 2.74 bits per heavy atom. The van der Waals surface area contributed by atoms with Gasteiger partial charge in [-0.1, -0.05) is 12.1 Å². The van der Waals surface area contributed by atoms with Crippen molar-refractivity contribution in [1.29, 1.82) is 0 Å². The zero-order valence-electron chi connectivity index (χ0n) is 13.5. The molecule has 0 unspecified atom stereocenters.